The van der Waals surface area contributed by atoms with Crippen molar-refractivity contribution in [2.45, 2.75) is 0 Å². The number of anilines is 2. The molecule has 0 radical (unpaired) electrons. The summed E-state index contributed by atoms with van der Waals surface area (Å²) >= 11 is 0. The molecule has 0 bridgehead atoms. The Kier molecular flexibility index (Phi) is 4.98. The molecule has 1 heterocycles. The molecule has 0 fully saturated rings. The standard InChI is InChI=1S/C19H13F2N3O2/c20-13-3-1-5-15(9-13)23-18(25)12-7-8-17(22-11-12)19(26)24-16-6-2-4-14(21)10-16/h1-11H,(H,23,25)(H,24,26). The molecule has 2 aromatic carbocycles. The molecule has 7 heteroatoms. The van der Waals surface area contributed by atoms with Crippen LogP contribution < -0.4 is 10.6 Å². The molecule has 0 spiro atoms. The summed E-state index contributed by atoms with van der Waals surface area (Å²) in [4.78, 5) is 28.2. The van der Waals surface area contributed by atoms with Crippen LogP contribution in [0.2, 0.25) is 0 Å². The van der Waals surface area contributed by atoms with E-state index in [9.17, 15) is 18.4 Å². The summed E-state index contributed by atoms with van der Waals surface area (Å²) in [5.74, 6) is -1.96. The van der Waals surface area contributed by atoms with Crippen molar-refractivity contribution in [3.05, 3.63) is 89.8 Å². The van der Waals surface area contributed by atoms with Crippen molar-refractivity contribution >= 4 is 23.2 Å². The Hall–Kier alpha value is -3.61. The monoisotopic (exact) mass is 353 g/mol. The number of amides is 2. The molecule has 3 aromatic rings. The van der Waals surface area contributed by atoms with Crippen LogP contribution in [0.3, 0.4) is 0 Å². The highest BCUT2D eigenvalue weighted by Gasteiger charge is 2.11. The van der Waals surface area contributed by atoms with E-state index in [1.807, 2.05) is 0 Å². The van der Waals surface area contributed by atoms with Crippen LogP contribution in [0, 0.1) is 11.6 Å². The minimum Gasteiger partial charge on any atom is -0.322 e. The normalized spacial score (nSPS) is 10.2. The Labute approximate surface area is 147 Å². The minimum absolute atomic E-state index is 0.0663. The molecule has 2 N–H and O–H groups in total. The second kappa shape index (κ2) is 7.52. The van der Waals surface area contributed by atoms with Crippen LogP contribution in [0.5, 0.6) is 0 Å². The SMILES string of the molecule is O=C(Nc1cccc(F)c1)c1ccc(C(=O)Nc2cccc(F)c2)nc1. The zero-order valence-electron chi connectivity index (χ0n) is 13.4. The molecular formula is C19H13F2N3O2. The van der Waals surface area contributed by atoms with Gasteiger partial charge >= 0.3 is 0 Å². The van der Waals surface area contributed by atoms with Crippen LogP contribution in [0.15, 0.2) is 66.9 Å². The second-order valence-corrected chi connectivity index (χ2v) is 5.36. The van der Waals surface area contributed by atoms with E-state index in [2.05, 4.69) is 15.6 Å². The zero-order valence-corrected chi connectivity index (χ0v) is 13.4. The lowest BCUT2D eigenvalue weighted by Crippen LogP contribution is -2.16. The summed E-state index contributed by atoms with van der Waals surface area (Å²) in [5, 5.41) is 5.04. The third kappa shape index (κ3) is 4.27. The van der Waals surface area contributed by atoms with Gasteiger partial charge in [-0.25, -0.2) is 8.78 Å². The van der Waals surface area contributed by atoms with Crippen molar-refractivity contribution in [3.63, 3.8) is 0 Å². The van der Waals surface area contributed by atoms with Crippen molar-refractivity contribution in [1.82, 2.24) is 4.98 Å². The largest absolute Gasteiger partial charge is 0.322 e. The Morgan fingerprint density at radius 3 is 1.85 bits per heavy atom. The number of carbonyl (C=O) groups excluding carboxylic acids is 2. The fourth-order valence-electron chi connectivity index (χ4n) is 2.19. The molecule has 3 rings (SSSR count). The zero-order chi connectivity index (χ0) is 18.5. The third-order valence-electron chi connectivity index (χ3n) is 3.42. The number of carbonyl (C=O) groups is 2. The van der Waals surface area contributed by atoms with Crippen LogP contribution in [0.4, 0.5) is 20.2 Å². The van der Waals surface area contributed by atoms with Gasteiger partial charge in [0.05, 0.1) is 5.56 Å². The first-order chi connectivity index (χ1) is 12.5. The topological polar surface area (TPSA) is 71.1 Å². The molecule has 0 aliphatic rings. The average molecular weight is 353 g/mol. The van der Waals surface area contributed by atoms with E-state index >= 15 is 0 Å². The fraction of sp³-hybridized carbons (Fsp3) is 0. The highest BCUT2D eigenvalue weighted by Crippen LogP contribution is 2.13. The van der Waals surface area contributed by atoms with E-state index in [1.54, 1.807) is 12.1 Å². The third-order valence-corrected chi connectivity index (χ3v) is 3.42. The Bertz CT molecular complexity index is 881. The Morgan fingerprint density at radius 1 is 0.769 bits per heavy atom. The van der Waals surface area contributed by atoms with Crippen molar-refractivity contribution in [2.24, 2.45) is 0 Å². The van der Waals surface area contributed by atoms with Gasteiger partial charge in [0.1, 0.15) is 17.3 Å². The first-order valence-corrected chi connectivity index (χ1v) is 7.61. The lowest BCUT2D eigenvalue weighted by molar-refractivity contribution is 0.101. The summed E-state index contributed by atoms with van der Waals surface area (Å²) in [6.07, 6.45) is 1.23. The molecule has 26 heavy (non-hydrogen) atoms. The summed E-state index contributed by atoms with van der Waals surface area (Å²) < 4.78 is 26.3. The van der Waals surface area contributed by atoms with E-state index in [0.29, 0.717) is 11.4 Å². The number of nitrogens with zero attached hydrogens (tertiary/aromatic N) is 1. The molecule has 0 saturated heterocycles. The van der Waals surface area contributed by atoms with E-state index < -0.39 is 23.4 Å². The first-order valence-electron chi connectivity index (χ1n) is 7.61. The van der Waals surface area contributed by atoms with Gasteiger partial charge in [-0.15, -0.1) is 0 Å². The predicted molar refractivity (Wildman–Crippen MR) is 92.9 cm³/mol. The average Bonchev–Trinajstić information content (AvgIpc) is 2.62. The highest BCUT2D eigenvalue weighted by atomic mass is 19.1. The summed E-state index contributed by atoms with van der Waals surface area (Å²) in [6.45, 7) is 0. The van der Waals surface area contributed by atoms with Crippen LogP contribution in [-0.2, 0) is 0 Å². The van der Waals surface area contributed by atoms with Crippen LogP contribution >= 0.6 is 0 Å². The van der Waals surface area contributed by atoms with Gasteiger partial charge < -0.3 is 10.6 Å². The van der Waals surface area contributed by atoms with Gasteiger partial charge in [0, 0.05) is 17.6 Å². The van der Waals surface area contributed by atoms with E-state index in [1.165, 1.54) is 54.7 Å². The maximum atomic E-state index is 13.1. The number of hydrogen-bond donors (Lipinski definition) is 2. The van der Waals surface area contributed by atoms with Gasteiger partial charge in [-0.3, -0.25) is 14.6 Å². The predicted octanol–water partition coefficient (Wildman–Crippen LogP) is 3.86. The van der Waals surface area contributed by atoms with Crippen molar-refractivity contribution in [3.8, 4) is 0 Å². The number of hydrogen-bond acceptors (Lipinski definition) is 3. The van der Waals surface area contributed by atoms with Gasteiger partial charge in [-0.1, -0.05) is 12.1 Å². The second-order valence-electron chi connectivity index (χ2n) is 5.36. The van der Waals surface area contributed by atoms with Gasteiger partial charge in [0.15, 0.2) is 0 Å². The molecule has 0 atom stereocenters. The molecule has 1 aromatic heterocycles. The number of rotatable bonds is 4. The van der Waals surface area contributed by atoms with Crippen LogP contribution in [-0.4, -0.2) is 16.8 Å². The smallest absolute Gasteiger partial charge is 0.274 e. The first kappa shape index (κ1) is 17.2. The highest BCUT2D eigenvalue weighted by molar-refractivity contribution is 6.06. The Morgan fingerprint density at radius 2 is 1.35 bits per heavy atom. The molecule has 0 aliphatic heterocycles. The lowest BCUT2D eigenvalue weighted by atomic mass is 10.2. The van der Waals surface area contributed by atoms with Crippen molar-refractivity contribution in [2.75, 3.05) is 10.6 Å². The van der Waals surface area contributed by atoms with Crippen LogP contribution in [0.25, 0.3) is 0 Å². The Balaban J connectivity index is 1.67. The van der Waals surface area contributed by atoms with E-state index in [4.69, 9.17) is 0 Å². The number of benzene rings is 2. The number of nitrogens with one attached hydrogen (secondary N) is 2. The van der Waals surface area contributed by atoms with Gasteiger partial charge in [-0.2, -0.15) is 0 Å². The quantitative estimate of drug-likeness (QED) is 0.748. The number of aromatic nitrogens is 1. The molecule has 0 unspecified atom stereocenters. The fourth-order valence-corrected chi connectivity index (χ4v) is 2.19. The number of halogens is 2. The van der Waals surface area contributed by atoms with Gasteiger partial charge in [0.2, 0.25) is 0 Å². The maximum Gasteiger partial charge on any atom is 0.274 e. The summed E-state index contributed by atoms with van der Waals surface area (Å²) in [7, 11) is 0. The van der Waals surface area contributed by atoms with E-state index in [0.717, 1.165) is 0 Å². The van der Waals surface area contributed by atoms with Crippen molar-refractivity contribution in [1.29, 1.82) is 0 Å². The molecule has 130 valence electrons. The minimum atomic E-state index is -0.535. The van der Waals surface area contributed by atoms with Crippen molar-refractivity contribution < 1.29 is 18.4 Å². The van der Waals surface area contributed by atoms with Gasteiger partial charge in [0.25, 0.3) is 11.8 Å². The molecule has 5 nitrogen and oxygen atoms in total. The summed E-state index contributed by atoms with van der Waals surface area (Å²) in [6, 6.07) is 13.7. The molecule has 2 amide bonds. The maximum absolute atomic E-state index is 13.1. The van der Waals surface area contributed by atoms with Gasteiger partial charge in [-0.05, 0) is 48.5 Å². The molecule has 0 aliphatic carbocycles. The molecule has 0 saturated carbocycles. The van der Waals surface area contributed by atoms with Crippen LogP contribution in [0.1, 0.15) is 20.8 Å². The number of pyridine rings is 1. The molecular weight excluding hydrogens is 340 g/mol. The van der Waals surface area contributed by atoms with E-state index in [-0.39, 0.29) is 11.3 Å². The lowest BCUT2D eigenvalue weighted by Gasteiger charge is -2.07. The summed E-state index contributed by atoms with van der Waals surface area (Å²) in [5.41, 5.74) is 0.876.